The number of rotatable bonds is 5. The van der Waals surface area contributed by atoms with Crippen LogP contribution in [0.5, 0.6) is 0 Å². The second kappa shape index (κ2) is 9.92. The van der Waals surface area contributed by atoms with Crippen LogP contribution < -0.4 is 5.32 Å². The van der Waals surface area contributed by atoms with Crippen molar-refractivity contribution in [1.82, 2.24) is 20.1 Å². The molecule has 0 aromatic carbocycles. The minimum atomic E-state index is -0.0793. The Morgan fingerprint density at radius 3 is 2.62 bits per heavy atom. The molecule has 1 aliphatic heterocycles. The van der Waals surface area contributed by atoms with Crippen LogP contribution in [0, 0.1) is 6.92 Å². The van der Waals surface area contributed by atoms with Crippen molar-refractivity contribution in [2.24, 2.45) is 4.99 Å². The molecule has 1 aromatic rings. The van der Waals surface area contributed by atoms with E-state index < -0.39 is 0 Å². The predicted molar refractivity (Wildman–Crippen MR) is 106 cm³/mol. The predicted octanol–water partition coefficient (Wildman–Crippen LogP) is 1.62. The summed E-state index contributed by atoms with van der Waals surface area (Å²) >= 11 is 1.62. The van der Waals surface area contributed by atoms with E-state index >= 15 is 0 Å². The summed E-state index contributed by atoms with van der Waals surface area (Å²) in [5.74, 6) is 0.557. The first kappa shape index (κ1) is 20.8. The van der Waals surface area contributed by atoms with Gasteiger partial charge in [0.1, 0.15) is 0 Å². The number of carbonyl (C=O) groups is 2. The van der Waals surface area contributed by atoms with Gasteiger partial charge in [-0.25, -0.2) is 4.98 Å². The Morgan fingerprint density at radius 1 is 1.42 bits per heavy atom. The molecule has 1 aliphatic rings. The first-order valence-corrected chi connectivity index (χ1v) is 8.55. The molecule has 7 nitrogen and oxygen atoms in total. The average Bonchev–Trinajstić information content (AvgIpc) is 2.91. The zero-order valence-corrected chi connectivity index (χ0v) is 17.4. The van der Waals surface area contributed by atoms with Crippen LogP contribution in [0.3, 0.4) is 0 Å². The molecule has 24 heavy (non-hydrogen) atoms. The van der Waals surface area contributed by atoms with Crippen molar-refractivity contribution in [3.63, 3.8) is 0 Å². The van der Waals surface area contributed by atoms with Crippen LogP contribution in [0.4, 0.5) is 0 Å². The molecular formula is C15H24IN5O2S. The fourth-order valence-electron chi connectivity index (χ4n) is 2.51. The maximum Gasteiger partial charge on any atom is 0.229 e. The fourth-order valence-corrected chi connectivity index (χ4v) is 3.12. The number of aromatic nitrogens is 1. The van der Waals surface area contributed by atoms with E-state index in [0.29, 0.717) is 44.9 Å². The van der Waals surface area contributed by atoms with Gasteiger partial charge in [-0.2, -0.15) is 0 Å². The summed E-state index contributed by atoms with van der Waals surface area (Å²) in [5, 5.41) is 6.26. The Kier molecular flexibility index (Phi) is 8.60. The summed E-state index contributed by atoms with van der Waals surface area (Å²) in [6, 6.07) is 0. The Morgan fingerprint density at radius 2 is 2.08 bits per heavy atom. The number of nitrogens with one attached hydrogen (secondary N) is 1. The Hall–Kier alpha value is -1.23. The maximum atomic E-state index is 11.8. The number of halogens is 1. The van der Waals surface area contributed by atoms with E-state index in [0.717, 1.165) is 10.7 Å². The monoisotopic (exact) mass is 465 g/mol. The van der Waals surface area contributed by atoms with Crippen LogP contribution in [0.1, 0.15) is 30.0 Å². The van der Waals surface area contributed by atoms with Crippen molar-refractivity contribution < 1.29 is 9.59 Å². The number of guanidine groups is 1. The van der Waals surface area contributed by atoms with Crippen LogP contribution in [0.25, 0.3) is 0 Å². The van der Waals surface area contributed by atoms with Gasteiger partial charge in [-0.3, -0.25) is 19.5 Å². The summed E-state index contributed by atoms with van der Waals surface area (Å²) in [7, 11) is 3.64. The molecule has 2 amide bonds. The number of piperidine rings is 1. The van der Waals surface area contributed by atoms with Gasteiger partial charge in [0.2, 0.25) is 11.8 Å². The summed E-state index contributed by atoms with van der Waals surface area (Å²) in [6.07, 6.45) is 1.59. The Balaban J connectivity index is 0.00000288. The molecule has 0 bridgehead atoms. The quantitative estimate of drug-likeness (QED) is 0.310. The van der Waals surface area contributed by atoms with Crippen LogP contribution in [-0.4, -0.2) is 59.7 Å². The summed E-state index contributed by atoms with van der Waals surface area (Å²) < 4.78 is 0. The normalized spacial score (nSPS) is 15.3. The highest BCUT2D eigenvalue weighted by molar-refractivity contribution is 14.0. The van der Waals surface area contributed by atoms with Gasteiger partial charge < -0.3 is 10.2 Å². The number of nitrogens with zero attached hydrogens (tertiary/aromatic N) is 4. The van der Waals surface area contributed by atoms with Gasteiger partial charge in [0, 0.05) is 45.4 Å². The van der Waals surface area contributed by atoms with E-state index in [2.05, 4.69) is 15.3 Å². The maximum absolute atomic E-state index is 11.8. The summed E-state index contributed by atoms with van der Waals surface area (Å²) in [5.41, 5.74) is 0.999. The molecular weight excluding hydrogens is 441 g/mol. The second-order valence-corrected chi connectivity index (χ2v) is 6.54. The van der Waals surface area contributed by atoms with Gasteiger partial charge in [-0.15, -0.1) is 35.3 Å². The van der Waals surface area contributed by atoms with E-state index in [1.165, 1.54) is 4.90 Å². The van der Waals surface area contributed by atoms with E-state index in [1.807, 2.05) is 24.3 Å². The zero-order valence-electron chi connectivity index (χ0n) is 14.2. The highest BCUT2D eigenvalue weighted by Gasteiger charge is 2.25. The van der Waals surface area contributed by atoms with E-state index in [9.17, 15) is 9.59 Å². The van der Waals surface area contributed by atoms with Crippen molar-refractivity contribution in [3.8, 4) is 0 Å². The smallest absolute Gasteiger partial charge is 0.229 e. The summed E-state index contributed by atoms with van der Waals surface area (Å²) in [4.78, 5) is 35.5. The fraction of sp³-hybridized carbons (Fsp3) is 0.600. The van der Waals surface area contributed by atoms with Gasteiger partial charge in [-0.05, 0) is 13.3 Å². The topological polar surface area (TPSA) is 77.9 Å². The Labute approximate surface area is 163 Å². The number of hydrogen-bond donors (Lipinski definition) is 1. The van der Waals surface area contributed by atoms with Crippen molar-refractivity contribution in [2.45, 2.75) is 32.7 Å². The number of hydrogen-bond acceptors (Lipinski definition) is 5. The number of amides is 2. The molecule has 1 saturated heterocycles. The highest BCUT2D eigenvalue weighted by atomic mass is 127. The van der Waals surface area contributed by atoms with Crippen LogP contribution >= 0.6 is 35.3 Å². The van der Waals surface area contributed by atoms with Crippen LogP contribution in [0.2, 0.25) is 0 Å². The lowest BCUT2D eigenvalue weighted by atomic mass is 10.1. The molecule has 1 aromatic heterocycles. The molecule has 0 atom stereocenters. The minimum absolute atomic E-state index is 0. The second-order valence-electron chi connectivity index (χ2n) is 5.48. The molecule has 0 aliphatic carbocycles. The third-order valence-electron chi connectivity index (χ3n) is 3.64. The molecule has 2 heterocycles. The molecule has 0 unspecified atom stereocenters. The highest BCUT2D eigenvalue weighted by Crippen LogP contribution is 2.11. The molecule has 1 N–H and O–H groups in total. The van der Waals surface area contributed by atoms with Crippen molar-refractivity contribution in [2.75, 3.05) is 27.2 Å². The molecule has 2 rings (SSSR count). The third-order valence-corrected chi connectivity index (χ3v) is 4.46. The van der Waals surface area contributed by atoms with Crippen LogP contribution in [-0.2, 0) is 16.1 Å². The first-order chi connectivity index (χ1) is 11.0. The lowest BCUT2D eigenvalue weighted by molar-refractivity contribution is -0.147. The van der Waals surface area contributed by atoms with Gasteiger partial charge in [0.15, 0.2) is 5.96 Å². The largest absolute Gasteiger partial charge is 0.354 e. The average molecular weight is 465 g/mol. The van der Waals surface area contributed by atoms with Gasteiger partial charge in [-0.1, -0.05) is 0 Å². The number of aryl methyl sites for hydroxylation is 1. The van der Waals surface area contributed by atoms with Crippen molar-refractivity contribution >= 4 is 53.1 Å². The lowest BCUT2D eigenvalue weighted by Crippen LogP contribution is -2.46. The van der Waals surface area contributed by atoms with Gasteiger partial charge >= 0.3 is 0 Å². The number of thiazole rings is 1. The third kappa shape index (κ3) is 5.69. The molecule has 0 saturated carbocycles. The first-order valence-electron chi connectivity index (χ1n) is 7.67. The van der Waals surface area contributed by atoms with Gasteiger partial charge in [0.25, 0.3) is 0 Å². The standard InChI is InChI=1S/C15H23N5O2S.HI/c1-11-18-12(10-23-11)9-19(3)15(16-2)17-7-8-20-13(21)5-4-6-14(20)22;/h10H,4-9H2,1-3H3,(H,16,17);1H. The number of likely N-dealkylation sites (tertiary alicyclic amines) is 1. The van der Waals surface area contributed by atoms with E-state index in [4.69, 9.17) is 0 Å². The van der Waals surface area contributed by atoms with E-state index in [1.54, 1.807) is 18.4 Å². The Bertz CT molecular complexity index is 588. The minimum Gasteiger partial charge on any atom is -0.354 e. The number of imide groups is 1. The SMILES string of the molecule is CN=C(NCCN1C(=O)CCCC1=O)N(C)Cc1csc(C)n1.I. The van der Waals surface area contributed by atoms with E-state index in [-0.39, 0.29) is 35.8 Å². The number of aliphatic imine (C=N–C) groups is 1. The van der Waals surface area contributed by atoms with Crippen molar-refractivity contribution in [1.29, 1.82) is 0 Å². The molecule has 9 heteroatoms. The van der Waals surface area contributed by atoms with Crippen LogP contribution in [0.15, 0.2) is 10.4 Å². The van der Waals surface area contributed by atoms with Crippen molar-refractivity contribution in [3.05, 3.63) is 16.1 Å². The molecule has 0 spiro atoms. The lowest BCUT2D eigenvalue weighted by Gasteiger charge is -2.26. The zero-order chi connectivity index (χ0) is 16.8. The molecule has 0 radical (unpaired) electrons. The molecule has 134 valence electrons. The summed E-state index contributed by atoms with van der Waals surface area (Å²) in [6.45, 7) is 3.50. The van der Waals surface area contributed by atoms with Gasteiger partial charge in [0.05, 0.1) is 17.2 Å². The number of carbonyl (C=O) groups excluding carboxylic acids is 2. The molecule has 1 fully saturated rings.